The van der Waals surface area contributed by atoms with E-state index in [0.717, 1.165) is 40.3 Å². The molecule has 26 heavy (non-hydrogen) atoms. The van der Waals surface area contributed by atoms with Crippen LogP contribution in [0.2, 0.25) is 5.02 Å². The molecule has 0 saturated heterocycles. The van der Waals surface area contributed by atoms with Crippen molar-refractivity contribution in [2.75, 3.05) is 18.8 Å². The third-order valence-corrected chi connectivity index (χ3v) is 4.57. The second kappa shape index (κ2) is 11.0. The Morgan fingerprint density at radius 1 is 1.08 bits per heavy atom. The molecule has 3 aromatic rings. The fourth-order valence-corrected chi connectivity index (χ4v) is 3.08. The second-order valence-electron chi connectivity index (χ2n) is 5.22. The summed E-state index contributed by atoms with van der Waals surface area (Å²) in [5.41, 5.74) is 2.11. The van der Waals surface area contributed by atoms with E-state index >= 15 is 0 Å². The molecule has 0 spiro atoms. The number of para-hydroxylation sites is 1. The summed E-state index contributed by atoms with van der Waals surface area (Å²) in [6.07, 6.45) is 4.17. The molecule has 5 nitrogen and oxygen atoms in total. The SMILES string of the molecule is Clc1ccc(/C=C/CNCCSc2nnnn2-c2ccccc2)cc1.[Cl-]. The van der Waals surface area contributed by atoms with Crippen molar-refractivity contribution in [3.05, 3.63) is 71.3 Å². The lowest BCUT2D eigenvalue weighted by atomic mass is 10.2. The highest BCUT2D eigenvalue weighted by atomic mass is 35.5. The lowest BCUT2D eigenvalue weighted by molar-refractivity contribution is -0.00000499. The van der Waals surface area contributed by atoms with Gasteiger partial charge in [-0.05, 0) is 40.3 Å². The molecule has 1 N–H and O–H groups in total. The zero-order chi connectivity index (χ0) is 17.3. The predicted molar refractivity (Wildman–Crippen MR) is 103 cm³/mol. The van der Waals surface area contributed by atoms with Gasteiger partial charge in [0.25, 0.3) is 0 Å². The van der Waals surface area contributed by atoms with E-state index in [1.54, 1.807) is 16.4 Å². The summed E-state index contributed by atoms with van der Waals surface area (Å²) >= 11 is 7.50. The quantitative estimate of drug-likeness (QED) is 0.441. The Kier molecular flexibility index (Phi) is 8.64. The minimum absolute atomic E-state index is 0. The molecule has 2 aromatic carbocycles. The average Bonchev–Trinajstić information content (AvgIpc) is 3.12. The van der Waals surface area contributed by atoms with Gasteiger partial charge in [-0.2, -0.15) is 4.68 Å². The van der Waals surface area contributed by atoms with Gasteiger partial charge in [0.2, 0.25) is 5.16 Å². The first-order valence-electron chi connectivity index (χ1n) is 7.92. The van der Waals surface area contributed by atoms with Gasteiger partial charge in [-0.25, -0.2) is 0 Å². The monoisotopic (exact) mass is 406 g/mol. The molecule has 0 aliphatic carbocycles. The van der Waals surface area contributed by atoms with Crippen molar-refractivity contribution < 1.29 is 12.4 Å². The van der Waals surface area contributed by atoms with Crippen LogP contribution in [0.5, 0.6) is 0 Å². The maximum absolute atomic E-state index is 5.87. The van der Waals surface area contributed by atoms with Gasteiger partial charge in [-0.15, -0.1) is 5.10 Å². The predicted octanol–water partition coefficient (Wildman–Crippen LogP) is 0.715. The Hall–Kier alpha value is -1.86. The zero-order valence-electron chi connectivity index (χ0n) is 13.9. The van der Waals surface area contributed by atoms with E-state index < -0.39 is 0 Å². The fourth-order valence-electron chi connectivity index (χ4n) is 2.17. The molecule has 8 heteroatoms. The van der Waals surface area contributed by atoms with Gasteiger partial charge < -0.3 is 17.7 Å². The van der Waals surface area contributed by atoms with Crippen LogP contribution in [0.4, 0.5) is 0 Å². The molecule has 1 heterocycles. The molecular weight excluding hydrogens is 389 g/mol. The van der Waals surface area contributed by atoms with Crippen molar-refractivity contribution >= 4 is 29.4 Å². The Labute approximate surface area is 168 Å². The minimum atomic E-state index is 0. The van der Waals surface area contributed by atoms with E-state index in [1.165, 1.54) is 0 Å². The van der Waals surface area contributed by atoms with Crippen LogP contribution < -0.4 is 17.7 Å². The Balaban J connectivity index is 0.00000243. The number of rotatable bonds is 8. The van der Waals surface area contributed by atoms with Crippen LogP contribution in [0.25, 0.3) is 11.8 Å². The Morgan fingerprint density at radius 2 is 1.85 bits per heavy atom. The number of nitrogens with zero attached hydrogens (tertiary/aromatic N) is 4. The summed E-state index contributed by atoms with van der Waals surface area (Å²) in [6, 6.07) is 17.7. The highest BCUT2D eigenvalue weighted by Crippen LogP contribution is 2.17. The average molecular weight is 407 g/mol. The van der Waals surface area contributed by atoms with Crippen molar-refractivity contribution in [3.8, 4) is 5.69 Å². The Morgan fingerprint density at radius 3 is 2.62 bits per heavy atom. The van der Waals surface area contributed by atoms with Crippen molar-refractivity contribution in [3.63, 3.8) is 0 Å². The summed E-state index contributed by atoms with van der Waals surface area (Å²) in [4.78, 5) is 0. The highest BCUT2D eigenvalue weighted by molar-refractivity contribution is 7.99. The normalized spacial score (nSPS) is 10.8. The molecule has 0 amide bonds. The van der Waals surface area contributed by atoms with Crippen molar-refractivity contribution in [1.29, 1.82) is 0 Å². The van der Waals surface area contributed by atoms with E-state index in [4.69, 9.17) is 11.6 Å². The van der Waals surface area contributed by atoms with Gasteiger partial charge in [0.05, 0.1) is 5.69 Å². The van der Waals surface area contributed by atoms with Gasteiger partial charge in [0.1, 0.15) is 0 Å². The van der Waals surface area contributed by atoms with Crippen molar-refractivity contribution in [1.82, 2.24) is 25.5 Å². The molecular formula is C18H18Cl2N5S-. The molecule has 136 valence electrons. The number of nitrogens with one attached hydrogen (secondary N) is 1. The minimum Gasteiger partial charge on any atom is -1.00 e. The maximum Gasteiger partial charge on any atom is 0.214 e. The maximum atomic E-state index is 5.87. The second-order valence-corrected chi connectivity index (χ2v) is 6.71. The molecule has 0 radical (unpaired) electrons. The molecule has 0 bridgehead atoms. The first-order valence-corrected chi connectivity index (χ1v) is 9.29. The number of hydrogen-bond acceptors (Lipinski definition) is 5. The number of hydrogen-bond donors (Lipinski definition) is 1. The third-order valence-electron chi connectivity index (χ3n) is 3.39. The van der Waals surface area contributed by atoms with E-state index in [0.29, 0.717) is 0 Å². The van der Waals surface area contributed by atoms with Gasteiger partial charge in [0.15, 0.2) is 0 Å². The molecule has 0 fully saturated rings. The number of thioether (sulfide) groups is 1. The summed E-state index contributed by atoms with van der Waals surface area (Å²) in [6.45, 7) is 1.68. The van der Waals surface area contributed by atoms with Crippen LogP contribution >= 0.6 is 23.4 Å². The van der Waals surface area contributed by atoms with Gasteiger partial charge >= 0.3 is 0 Å². The van der Waals surface area contributed by atoms with E-state index in [2.05, 4.69) is 33.0 Å². The topological polar surface area (TPSA) is 55.6 Å². The van der Waals surface area contributed by atoms with Crippen molar-refractivity contribution in [2.45, 2.75) is 5.16 Å². The standard InChI is InChI=1S/C18H18ClN5S.ClH/c19-16-10-8-15(9-11-16)5-4-12-20-13-14-25-18-21-22-23-24(18)17-6-2-1-3-7-17;/h1-11,20H,12-14H2;1H/p-1/b5-4+;. The highest BCUT2D eigenvalue weighted by Gasteiger charge is 2.07. The Bertz CT molecular complexity index is 806. The van der Waals surface area contributed by atoms with Gasteiger partial charge in [0, 0.05) is 23.9 Å². The smallest absolute Gasteiger partial charge is 0.214 e. The van der Waals surface area contributed by atoms with Crippen LogP contribution in [0.15, 0.2) is 65.8 Å². The number of halogens is 2. The van der Waals surface area contributed by atoms with Crippen LogP contribution in [-0.4, -0.2) is 39.0 Å². The number of benzene rings is 2. The summed E-state index contributed by atoms with van der Waals surface area (Å²) in [5, 5.41) is 16.8. The molecule has 0 aliphatic rings. The molecule has 1 aromatic heterocycles. The van der Waals surface area contributed by atoms with Crippen LogP contribution in [0, 0.1) is 0 Å². The molecule has 0 atom stereocenters. The van der Waals surface area contributed by atoms with Gasteiger partial charge in [-0.1, -0.05) is 65.8 Å². The molecule has 0 unspecified atom stereocenters. The lowest BCUT2D eigenvalue weighted by Crippen LogP contribution is -3.00. The third kappa shape index (κ3) is 6.14. The lowest BCUT2D eigenvalue weighted by Gasteiger charge is -2.04. The van der Waals surface area contributed by atoms with E-state index in [9.17, 15) is 0 Å². The molecule has 3 rings (SSSR count). The summed E-state index contributed by atoms with van der Waals surface area (Å²) < 4.78 is 1.76. The fraction of sp³-hybridized carbons (Fsp3) is 0.167. The summed E-state index contributed by atoms with van der Waals surface area (Å²) in [7, 11) is 0. The molecule has 0 aliphatic heterocycles. The van der Waals surface area contributed by atoms with Crippen LogP contribution in [0.3, 0.4) is 0 Å². The van der Waals surface area contributed by atoms with Crippen LogP contribution in [-0.2, 0) is 0 Å². The number of tetrazole rings is 1. The summed E-state index contributed by atoms with van der Waals surface area (Å²) in [5.74, 6) is 0.891. The zero-order valence-corrected chi connectivity index (χ0v) is 16.3. The largest absolute Gasteiger partial charge is 1.00 e. The van der Waals surface area contributed by atoms with Crippen molar-refractivity contribution in [2.24, 2.45) is 0 Å². The molecule has 0 saturated carbocycles. The number of aromatic nitrogens is 4. The van der Waals surface area contributed by atoms with E-state index in [-0.39, 0.29) is 12.4 Å². The van der Waals surface area contributed by atoms with Gasteiger partial charge in [-0.3, -0.25) is 0 Å². The van der Waals surface area contributed by atoms with Crippen LogP contribution in [0.1, 0.15) is 5.56 Å². The first kappa shape index (κ1) is 20.5. The van der Waals surface area contributed by atoms with E-state index in [1.807, 2.05) is 54.6 Å². The first-order chi connectivity index (χ1) is 12.3.